The van der Waals surface area contributed by atoms with Crippen LogP contribution in [-0.4, -0.2) is 27.5 Å². The highest BCUT2D eigenvalue weighted by molar-refractivity contribution is 5.09. The lowest BCUT2D eigenvalue weighted by Crippen LogP contribution is -2.28. The van der Waals surface area contributed by atoms with Crippen molar-refractivity contribution in [3.63, 3.8) is 0 Å². The SMILES string of the molecule is CCC(NC[C@H](C)O)c1cnn(C)c1. The third-order valence-electron chi connectivity index (χ3n) is 2.20. The van der Waals surface area contributed by atoms with Crippen LogP contribution in [0.2, 0.25) is 0 Å². The van der Waals surface area contributed by atoms with Crippen LogP contribution in [0.25, 0.3) is 0 Å². The van der Waals surface area contributed by atoms with Crippen LogP contribution in [-0.2, 0) is 7.05 Å². The summed E-state index contributed by atoms with van der Waals surface area (Å²) in [7, 11) is 1.91. The van der Waals surface area contributed by atoms with Crippen molar-refractivity contribution in [2.75, 3.05) is 6.54 Å². The molecule has 1 aromatic rings. The summed E-state index contributed by atoms with van der Waals surface area (Å²) in [6.45, 7) is 4.52. The molecule has 0 aliphatic rings. The Balaban J connectivity index is 2.54. The Bertz CT molecular complexity index is 270. The average Bonchev–Trinajstić information content (AvgIpc) is 2.53. The second-order valence-corrected chi connectivity index (χ2v) is 3.67. The second kappa shape index (κ2) is 5.12. The van der Waals surface area contributed by atoms with Crippen LogP contribution in [0, 0.1) is 0 Å². The van der Waals surface area contributed by atoms with E-state index in [-0.39, 0.29) is 6.10 Å². The molecule has 4 nitrogen and oxygen atoms in total. The molecule has 4 heteroatoms. The first-order chi connectivity index (χ1) is 6.63. The Labute approximate surface area is 84.9 Å². The number of hydrogen-bond acceptors (Lipinski definition) is 3. The Morgan fingerprint density at radius 3 is 2.79 bits per heavy atom. The lowest BCUT2D eigenvalue weighted by Gasteiger charge is -2.16. The largest absolute Gasteiger partial charge is 0.392 e. The molecule has 0 aliphatic heterocycles. The van der Waals surface area contributed by atoms with E-state index in [9.17, 15) is 0 Å². The monoisotopic (exact) mass is 197 g/mol. The fourth-order valence-corrected chi connectivity index (χ4v) is 1.43. The fourth-order valence-electron chi connectivity index (χ4n) is 1.43. The summed E-state index contributed by atoms with van der Waals surface area (Å²) in [5, 5.41) is 16.6. The predicted octanol–water partition coefficient (Wildman–Crippen LogP) is 0.842. The smallest absolute Gasteiger partial charge is 0.0636 e. The van der Waals surface area contributed by atoms with Crippen LogP contribution in [0.15, 0.2) is 12.4 Å². The van der Waals surface area contributed by atoms with Gasteiger partial charge in [0.1, 0.15) is 0 Å². The second-order valence-electron chi connectivity index (χ2n) is 3.67. The molecule has 0 saturated carbocycles. The summed E-state index contributed by atoms with van der Waals surface area (Å²) in [5.74, 6) is 0. The Morgan fingerprint density at radius 2 is 2.36 bits per heavy atom. The van der Waals surface area contributed by atoms with Gasteiger partial charge in [-0.25, -0.2) is 0 Å². The Kier molecular flexibility index (Phi) is 4.10. The third kappa shape index (κ3) is 3.12. The molecule has 1 rings (SSSR count). The molecular formula is C10H19N3O. The van der Waals surface area contributed by atoms with Crippen molar-refractivity contribution in [3.8, 4) is 0 Å². The summed E-state index contributed by atoms with van der Waals surface area (Å²) in [6, 6.07) is 0.290. The van der Waals surface area contributed by atoms with E-state index < -0.39 is 0 Å². The summed E-state index contributed by atoms with van der Waals surface area (Å²) in [5.41, 5.74) is 1.18. The van der Waals surface area contributed by atoms with Crippen LogP contribution >= 0.6 is 0 Å². The highest BCUT2D eigenvalue weighted by Crippen LogP contribution is 2.14. The fraction of sp³-hybridized carbons (Fsp3) is 0.700. The molecule has 2 N–H and O–H groups in total. The molecule has 14 heavy (non-hydrogen) atoms. The molecule has 0 fully saturated rings. The van der Waals surface area contributed by atoms with Crippen LogP contribution in [0.1, 0.15) is 31.9 Å². The number of rotatable bonds is 5. The number of nitrogens with zero attached hydrogens (tertiary/aromatic N) is 2. The summed E-state index contributed by atoms with van der Waals surface area (Å²) < 4.78 is 1.79. The van der Waals surface area contributed by atoms with Gasteiger partial charge in [0.15, 0.2) is 0 Å². The van der Waals surface area contributed by atoms with E-state index in [1.165, 1.54) is 5.56 Å². The van der Waals surface area contributed by atoms with Gasteiger partial charge in [0.2, 0.25) is 0 Å². The van der Waals surface area contributed by atoms with Crippen LogP contribution < -0.4 is 5.32 Å². The first kappa shape index (κ1) is 11.2. The summed E-state index contributed by atoms with van der Waals surface area (Å²) >= 11 is 0. The van der Waals surface area contributed by atoms with Crippen molar-refractivity contribution < 1.29 is 5.11 Å². The number of aliphatic hydroxyl groups excluding tert-OH is 1. The minimum Gasteiger partial charge on any atom is -0.392 e. The number of nitrogens with one attached hydrogen (secondary N) is 1. The molecular weight excluding hydrogens is 178 g/mol. The van der Waals surface area contributed by atoms with Gasteiger partial charge >= 0.3 is 0 Å². The van der Waals surface area contributed by atoms with Gasteiger partial charge in [0.05, 0.1) is 12.3 Å². The van der Waals surface area contributed by atoms with E-state index in [2.05, 4.69) is 17.3 Å². The topological polar surface area (TPSA) is 50.1 Å². The Morgan fingerprint density at radius 1 is 1.64 bits per heavy atom. The zero-order chi connectivity index (χ0) is 10.6. The normalized spacial score (nSPS) is 15.4. The molecule has 1 heterocycles. The molecule has 0 spiro atoms. The maximum absolute atomic E-state index is 9.17. The zero-order valence-electron chi connectivity index (χ0n) is 9.07. The Hall–Kier alpha value is -0.870. The molecule has 0 saturated heterocycles. The van der Waals surface area contributed by atoms with Crippen LogP contribution in [0.4, 0.5) is 0 Å². The van der Waals surface area contributed by atoms with Crippen molar-refractivity contribution in [2.45, 2.75) is 32.4 Å². The highest BCUT2D eigenvalue weighted by Gasteiger charge is 2.10. The van der Waals surface area contributed by atoms with Gasteiger partial charge in [-0.15, -0.1) is 0 Å². The van der Waals surface area contributed by atoms with Gasteiger partial charge in [-0.2, -0.15) is 5.10 Å². The molecule has 2 atom stereocenters. The van der Waals surface area contributed by atoms with Gasteiger partial charge in [-0.3, -0.25) is 4.68 Å². The quantitative estimate of drug-likeness (QED) is 0.735. The van der Waals surface area contributed by atoms with E-state index in [1.807, 2.05) is 19.4 Å². The molecule has 0 radical (unpaired) electrons. The van der Waals surface area contributed by atoms with Crippen molar-refractivity contribution >= 4 is 0 Å². The third-order valence-corrected chi connectivity index (χ3v) is 2.20. The number of aliphatic hydroxyl groups is 1. The standard InChI is InChI=1S/C10H19N3O/c1-4-10(11-5-8(2)14)9-6-12-13(3)7-9/h6-8,10-11,14H,4-5H2,1-3H3/t8-,10?/m0/s1. The highest BCUT2D eigenvalue weighted by atomic mass is 16.3. The van der Waals surface area contributed by atoms with Crippen molar-refractivity contribution in [1.82, 2.24) is 15.1 Å². The maximum Gasteiger partial charge on any atom is 0.0636 e. The van der Waals surface area contributed by atoms with Gasteiger partial charge in [-0.05, 0) is 13.3 Å². The maximum atomic E-state index is 9.17. The first-order valence-electron chi connectivity index (χ1n) is 5.03. The van der Waals surface area contributed by atoms with Crippen molar-refractivity contribution in [1.29, 1.82) is 0 Å². The van der Waals surface area contributed by atoms with E-state index in [1.54, 1.807) is 11.6 Å². The molecule has 1 aromatic heterocycles. The summed E-state index contributed by atoms with van der Waals surface area (Å²) in [6.07, 6.45) is 4.56. The van der Waals surface area contributed by atoms with Gasteiger partial charge in [0.25, 0.3) is 0 Å². The predicted molar refractivity (Wildman–Crippen MR) is 55.9 cm³/mol. The first-order valence-corrected chi connectivity index (χ1v) is 5.03. The van der Waals surface area contributed by atoms with E-state index in [0.29, 0.717) is 12.6 Å². The molecule has 80 valence electrons. The lowest BCUT2D eigenvalue weighted by atomic mass is 10.1. The molecule has 0 bridgehead atoms. The van der Waals surface area contributed by atoms with E-state index >= 15 is 0 Å². The molecule has 0 aromatic carbocycles. The minimum absolute atomic E-state index is 0.290. The average molecular weight is 197 g/mol. The van der Waals surface area contributed by atoms with Gasteiger partial charge in [0, 0.05) is 31.4 Å². The van der Waals surface area contributed by atoms with Gasteiger partial charge < -0.3 is 10.4 Å². The number of aryl methyl sites for hydroxylation is 1. The van der Waals surface area contributed by atoms with Crippen molar-refractivity contribution in [2.24, 2.45) is 7.05 Å². The number of hydrogen-bond donors (Lipinski definition) is 2. The minimum atomic E-state index is -0.305. The van der Waals surface area contributed by atoms with Crippen LogP contribution in [0.3, 0.4) is 0 Å². The molecule has 0 amide bonds. The molecule has 0 aliphatic carbocycles. The zero-order valence-corrected chi connectivity index (χ0v) is 9.07. The van der Waals surface area contributed by atoms with Crippen molar-refractivity contribution in [3.05, 3.63) is 18.0 Å². The summed E-state index contributed by atoms with van der Waals surface area (Å²) in [4.78, 5) is 0. The van der Waals surface area contributed by atoms with Gasteiger partial charge in [-0.1, -0.05) is 6.92 Å². The van der Waals surface area contributed by atoms with E-state index in [0.717, 1.165) is 6.42 Å². The molecule has 1 unspecified atom stereocenters. The lowest BCUT2D eigenvalue weighted by molar-refractivity contribution is 0.185. The van der Waals surface area contributed by atoms with Crippen LogP contribution in [0.5, 0.6) is 0 Å². The van der Waals surface area contributed by atoms with E-state index in [4.69, 9.17) is 5.11 Å². The number of aromatic nitrogens is 2.